The number of rotatable bonds is 6. The van der Waals surface area contributed by atoms with Crippen LogP contribution in [0.3, 0.4) is 0 Å². The predicted molar refractivity (Wildman–Crippen MR) is 124 cm³/mol. The van der Waals surface area contributed by atoms with E-state index in [0.717, 1.165) is 42.5 Å². The van der Waals surface area contributed by atoms with E-state index < -0.39 is 10.0 Å². The Morgan fingerprint density at radius 1 is 0.938 bits per heavy atom. The average molecular weight is 457 g/mol. The van der Waals surface area contributed by atoms with Crippen molar-refractivity contribution in [1.29, 1.82) is 0 Å². The van der Waals surface area contributed by atoms with Crippen molar-refractivity contribution < 1.29 is 22.7 Å². The van der Waals surface area contributed by atoms with Gasteiger partial charge in [-0.1, -0.05) is 0 Å². The molecule has 0 aromatic heterocycles. The van der Waals surface area contributed by atoms with Gasteiger partial charge in [0.2, 0.25) is 10.0 Å². The van der Waals surface area contributed by atoms with Gasteiger partial charge in [0.1, 0.15) is 11.5 Å². The number of methoxy groups -OCH3 is 2. The number of sulfonamides is 1. The standard InChI is InChI=1S/C24H28N2O5S/c1-30-20-14-18(15-21(17-20)31-2)7-10-24(27)26-13-5-6-19-16-22(8-9-23(19)26)32(28,29)25-11-3-4-12-25/h7-10,14-17H,3-6,11-13H2,1-2H3/b10-7+. The lowest BCUT2D eigenvalue weighted by Gasteiger charge is -2.29. The highest BCUT2D eigenvalue weighted by molar-refractivity contribution is 7.89. The Morgan fingerprint density at radius 2 is 1.62 bits per heavy atom. The van der Waals surface area contributed by atoms with Gasteiger partial charge in [0.25, 0.3) is 5.91 Å². The first-order valence-electron chi connectivity index (χ1n) is 10.8. The summed E-state index contributed by atoms with van der Waals surface area (Å²) in [6.45, 7) is 1.74. The Labute approximate surface area is 189 Å². The van der Waals surface area contributed by atoms with Crippen LogP contribution >= 0.6 is 0 Å². The number of carbonyl (C=O) groups excluding carboxylic acids is 1. The van der Waals surface area contributed by atoms with Crippen LogP contribution in [0, 0.1) is 0 Å². The zero-order chi connectivity index (χ0) is 22.7. The molecule has 2 aromatic rings. The van der Waals surface area contributed by atoms with E-state index in [2.05, 4.69) is 0 Å². The van der Waals surface area contributed by atoms with Gasteiger partial charge >= 0.3 is 0 Å². The van der Waals surface area contributed by atoms with Crippen LogP contribution in [0.2, 0.25) is 0 Å². The number of fused-ring (bicyclic) bond motifs is 1. The van der Waals surface area contributed by atoms with E-state index in [1.165, 1.54) is 6.08 Å². The van der Waals surface area contributed by atoms with Crippen molar-refractivity contribution in [2.24, 2.45) is 0 Å². The maximum absolute atomic E-state index is 13.0. The van der Waals surface area contributed by atoms with Gasteiger partial charge in [0, 0.05) is 37.5 Å². The fourth-order valence-electron chi connectivity index (χ4n) is 4.22. The summed E-state index contributed by atoms with van der Waals surface area (Å²) in [5.74, 6) is 1.14. The third-order valence-corrected chi connectivity index (χ3v) is 7.83. The van der Waals surface area contributed by atoms with Crippen molar-refractivity contribution >= 4 is 27.7 Å². The number of ether oxygens (including phenoxy) is 2. The van der Waals surface area contributed by atoms with Gasteiger partial charge in [-0.15, -0.1) is 0 Å². The summed E-state index contributed by atoms with van der Waals surface area (Å²) < 4.78 is 37.9. The average Bonchev–Trinajstić information content (AvgIpc) is 3.37. The molecule has 4 rings (SSSR count). The molecule has 2 aromatic carbocycles. The summed E-state index contributed by atoms with van der Waals surface area (Å²) in [7, 11) is -0.318. The van der Waals surface area contributed by atoms with Crippen LogP contribution in [0.4, 0.5) is 5.69 Å². The zero-order valence-corrected chi connectivity index (χ0v) is 19.2. The van der Waals surface area contributed by atoms with E-state index in [4.69, 9.17) is 9.47 Å². The van der Waals surface area contributed by atoms with E-state index in [-0.39, 0.29) is 5.91 Å². The molecule has 2 aliphatic rings. The highest BCUT2D eigenvalue weighted by Gasteiger charge is 2.29. The number of benzene rings is 2. The second-order valence-corrected chi connectivity index (χ2v) is 9.91. The molecule has 0 aliphatic carbocycles. The Bertz CT molecular complexity index is 1110. The van der Waals surface area contributed by atoms with E-state index in [0.29, 0.717) is 36.0 Å². The third-order valence-electron chi connectivity index (χ3n) is 5.93. The van der Waals surface area contributed by atoms with Crippen molar-refractivity contribution in [2.45, 2.75) is 30.6 Å². The van der Waals surface area contributed by atoms with Crippen molar-refractivity contribution in [3.63, 3.8) is 0 Å². The van der Waals surface area contributed by atoms with Gasteiger partial charge < -0.3 is 14.4 Å². The lowest BCUT2D eigenvalue weighted by atomic mass is 10.0. The highest BCUT2D eigenvalue weighted by Crippen LogP contribution is 2.32. The first kappa shape index (κ1) is 22.4. The smallest absolute Gasteiger partial charge is 0.250 e. The monoisotopic (exact) mass is 456 g/mol. The molecule has 0 bridgehead atoms. The number of hydrogen-bond donors (Lipinski definition) is 0. The van der Waals surface area contributed by atoms with Crippen molar-refractivity contribution in [1.82, 2.24) is 4.31 Å². The number of carbonyl (C=O) groups is 1. The first-order chi connectivity index (χ1) is 15.4. The van der Waals surface area contributed by atoms with Gasteiger partial charge in [-0.3, -0.25) is 4.79 Å². The lowest BCUT2D eigenvalue weighted by molar-refractivity contribution is -0.114. The van der Waals surface area contributed by atoms with Gasteiger partial charge in [0.15, 0.2) is 0 Å². The summed E-state index contributed by atoms with van der Waals surface area (Å²) in [6.07, 6.45) is 6.59. The molecule has 1 saturated heterocycles. The summed E-state index contributed by atoms with van der Waals surface area (Å²) in [5.41, 5.74) is 2.45. The molecule has 0 N–H and O–H groups in total. The molecule has 0 atom stereocenters. The molecular weight excluding hydrogens is 428 g/mol. The van der Waals surface area contributed by atoms with Gasteiger partial charge in [-0.2, -0.15) is 4.31 Å². The third kappa shape index (κ3) is 4.52. The molecule has 1 fully saturated rings. The maximum atomic E-state index is 13.0. The summed E-state index contributed by atoms with van der Waals surface area (Å²) in [5, 5.41) is 0. The Morgan fingerprint density at radius 3 is 2.28 bits per heavy atom. The minimum atomic E-state index is -3.48. The van der Waals surface area contributed by atoms with Crippen molar-refractivity contribution in [2.75, 3.05) is 38.8 Å². The molecule has 2 heterocycles. The molecular formula is C24H28N2O5S. The molecule has 7 nitrogen and oxygen atoms in total. The molecule has 170 valence electrons. The fraction of sp³-hybridized carbons (Fsp3) is 0.375. The minimum Gasteiger partial charge on any atom is -0.497 e. The zero-order valence-electron chi connectivity index (χ0n) is 18.4. The van der Waals surface area contributed by atoms with E-state index >= 15 is 0 Å². The van der Waals surface area contributed by atoms with Crippen LogP contribution in [0.1, 0.15) is 30.4 Å². The maximum Gasteiger partial charge on any atom is 0.250 e. The molecule has 1 amide bonds. The number of anilines is 1. The van der Waals surface area contributed by atoms with Crippen molar-refractivity contribution in [3.8, 4) is 11.5 Å². The molecule has 32 heavy (non-hydrogen) atoms. The summed E-state index contributed by atoms with van der Waals surface area (Å²) in [6, 6.07) is 10.5. The molecule has 0 spiro atoms. The van der Waals surface area contributed by atoms with Crippen LogP contribution in [-0.4, -0.2) is 52.5 Å². The number of amides is 1. The largest absolute Gasteiger partial charge is 0.497 e. The van der Waals surface area contributed by atoms with Crippen LogP contribution in [0.15, 0.2) is 47.4 Å². The number of aryl methyl sites for hydroxylation is 1. The Kier molecular flexibility index (Phi) is 6.53. The molecule has 0 saturated carbocycles. The second kappa shape index (κ2) is 9.34. The van der Waals surface area contributed by atoms with E-state index in [1.807, 2.05) is 12.1 Å². The van der Waals surface area contributed by atoms with Crippen LogP contribution in [0.25, 0.3) is 6.08 Å². The topological polar surface area (TPSA) is 76.2 Å². The van der Waals surface area contributed by atoms with Crippen LogP contribution < -0.4 is 14.4 Å². The van der Waals surface area contributed by atoms with E-state index in [9.17, 15) is 13.2 Å². The first-order valence-corrected chi connectivity index (χ1v) is 12.2. The van der Waals surface area contributed by atoms with Crippen molar-refractivity contribution in [3.05, 3.63) is 53.6 Å². The summed E-state index contributed by atoms with van der Waals surface area (Å²) in [4.78, 5) is 15.0. The normalized spacial score (nSPS) is 16.9. The fourth-order valence-corrected chi connectivity index (χ4v) is 5.79. The Balaban J connectivity index is 1.56. The van der Waals surface area contributed by atoms with Gasteiger partial charge in [0.05, 0.1) is 19.1 Å². The quantitative estimate of drug-likeness (QED) is 0.622. The predicted octanol–water partition coefficient (Wildman–Crippen LogP) is 3.48. The van der Waals surface area contributed by atoms with E-state index in [1.54, 1.807) is 53.8 Å². The Hall–Kier alpha value is -2.84. The minimum absolute atomic E-state index is 0.150. The molecule has 8 heteroatoms. The SMILES string of the molecule is COc1cc(/C=C/C(=O)N2CCCc3cc(S(=O)(=O)N4CCCC4)ccc32)cc(OC)c1. The summed E-state index contributed by atoms with van der Waals surface area (Å²) >= 11 is 0. The van der Waals surface area contributed by atoms with Gasteiger partial charge in [-0.05, 0) is 73.2 Å². The highest BCUT2D eigenvalue weighted by atomic mass is 32.2. The number of nitrogens with zero attached hydrogens (tertiary/aromatic N) is 2. The molecule has 2 aliphatic heterocycles. The lowest BCUT2D eigenvalue weighted by Crippen LogP contribution is -2.34. The molecule has 0 unspecified atom stereocenters. The number of hydrogen-bond acceptors (Lipinski definition) is 5. The van der Waals surface area contributed by atoms with Gasteiger partial charge in [-0.25, -0.2) is 8.42 Å². The second-order valence-electron chi connectivity index (χ2n) is 7.97. The van der Waals surface area contributed by atoms with Crippen LogP contribution in [0.5, 0.6) is 11.5 Å². The molecule has 0 radical (unpaired) electrons. The van der Waals surface area contributed by atoms with Crippen LogP contribution in [-0.2, 0) is 21.2 Å².